The first-order valence-corrected chi connectivity index (χ1v) is 9.02. The monoisotopic (exact) mass is 366 g/mol. The zero-order chi connectivity index (χ0) is 18.6. The van der Waals surface area contributed by atoms with Gasteiger partial charge in [0.1, 0.15) is 17.5 Å². The SMILES string of the molecule is CCC1NC(=O)N(c2cnc(Oc3cccc4c3C3(CC3)CO4)cn2)C1=O. The van der Waals surface area contributed by atoms with Crippen molar-refractivity contribution in [3.8, 4) is 17.4 Å². The zero-order valence-corrected chi connectivity index (χ0v) is 14.8. The van der Waals surface area contributed by atoms with Crippen molar-refractivity contribution in [1.82, 2.24) is 15.3 Å². The average Bonchev–Trinajstić information content (AvgIpc) is 3.27. The predicted molar refractivity (Wildman–Crippen MR) is 95.1 cm³/mol. The molecule has 3 heterocycles. The van der Waals surface area contributed by atoms with Gasteiger partial charge >= 0.3 is 6.03 Å². The number of hydrogen-bond donors (Lipinski definition) is 1. The summed E-state index contributed by atoms with van der Waals surface area (Å²) in [5, 5.41) is 2.63. The molecule has 2 aromatic rings. The quantitative estimate of drug-likeness (QED) is 0.836. The number of carbonyl (C=O) groups excluding carboxylic acids is 2. The highest BCUT2D eigenvalue weighted by molar-refractivity contribution is 6.20. The van der Waals surface area contributed by atoms with Crippen LogP contribution >= 0.6 is 0 Å². The molecule has 1 aliphatic carbocycles. The number of hydrogen-bond acceptors (Lipinski definition) is 6. The Hall–Kier alpha value is -3.16. The minimum absolute atomic E-state index is 0.0779. The number of carbonyl (C=O) groups is 2. The minimum atomic E-state index is -0.517. The minimum Gasteiger partial charge on any atom is -0.492 e. The predicted octanol–water partition coefficient (Wildman–Crippen LogP) is 2.53. The summed E-state index contributed by atoms with van der Waals surface area (Å²) in [6.45, 7) is 2.53. The molecular formula is C19H18N4O4. The molecule has 138 valence electrons. The third-order valence-electron chi connectivity index (χ3n) is 5.36. The van der Waals surface area contributed by atoms with Crippen molar-refractivity contribution in [2.24, 2.45) is 0 Å². The summed E-state index contributed by atoms with van der Waals surface area (Å²) in [6, 6.07) is 4.73. The van der Waals surface area contributed by atoms with Crippen LogP contribution in [0.15, 0.2) is 30.6 Å². The zero-order valence-electron chi connectivity index (χ0n) is 14.8. The van der Waals surface area contributed by atoms with Crippen molar-refractivity contribution in [3.05, 3.63) is 36.2 Å². The van der Waals surface area contributed by atoms with Gasteiger partial charge in [-0.05, 0) is 31.4 Å². The van der Waals surface area contributed by atoms with E-state index in [4.69, 9.17) is 9.47 Å². The summed E-state index contributed by atoms with van der Waals surface area (Å²) in [6.07, 6.45) is 5.51. The topological polar surface area (TPSA) is 93.7 Å². The van der Waals surface area contributed by atoms with Crippen molar-refractivity contribution >= 4 is 17.8 Å². The maximum Gasteiger partial charge on any atom is 0.330 e. The van der Waals surface area contributed by atoms with Crippen LogP contribution in [0.5, 0.6) is 17.4 Å². The third kappa shape index (κ3) is 2.43. The number of nitrogens with one attached hydrogen (secondary N) is 1. The lowest BCUT2D eigenvalue weighted by molar-refractivity contribution is -0.118. The van der Waals surface area contributed by atoms with Crippen LogP contribution in [0.2, 0.25) is 0 Å². The Labute approximate surface area is 155 Å². The molecule has 1 unspecified atom stereocenters. The molecule has 2 fully saturated rings. The highest BCUT2D eigenvalue weighted by Gasteiger charge is 2.52. The van der Waals surface area contributed by atoms with E-state index in [1.165, 1.54) is 12.4 Å². The van der Waals surface area contributed by atoms with E-state index in [2.05, 4.69) is 15.3 Å². The highest BCUT2D eigenvalue weighted by atomic mass is 16.5. The number of ether oxygens (including phenoxy) is 2. The number of anilines is 1. The Morgan fingerprint density at radius 2 is 2.15 bits per heavy atom. The van der Waals surface area contributed by atoms with Crippen LogP contribution in [-0.2, 0) is 10.2 Å². The molecule has 8 heteroatoms. The van der Waals surface area contributed by atoms with Crippen molar-refractivity contribution in [2.45, 2.75) is 37.6 Å². The smallest absolute Gasteiger partial charge is 0.330 e. The van der Waals surface area contributed by atoms with Gasteiger partial charge in [0.25, 0.3) is 5.91 Å². The Kier molecular flexibility index (Phi) is 3.37. The summed E-state index contributed by atoms with van der Waals surface area (Å²) < 4.78 is 11.7. The lowest BCUT2D eigenvalue weighted by atomic mass is 9.97. The van der Waals surface area contributed by atoms with Gasteiger partial charge in [-0.1, -0.05) is 13.0 Å². The summed E-state index contributed by atoms with van der Waals surface area (Å²) in [7, 11) is 0. The largest absolute Gasteiger partial charge is 0.492 e. The van der Waals surface area contributed by atoms with E-state index in [9.17, 15) is 9.59 Å². The average molecular weight is 366 g/mol. The molecule has 2 aliphatic heterocycles. The van der Waals surface area contributed by atoms with Gasteiger partial charge in [-0.15, -0.1) is 0 Å². The number of aromatic nitrogens is 2. The van der Waals surface area contributed by atoms with Gasteiger partial charge in [-0.25, -0.2) is 19.7 Å². The van der Waals surface area contributed by atoms with Crippen LogP contribution in [0.25, 0.3) is 0 Å². The van der Waals surface area contributed by atoms with Gasteiger partial charge < -0.3 is 14.8 Å². The van der Waals surface area contributed by atoms with Gasteiger partial charge in [-0.3, -0.25) is 4.79 Å². The van der Waals surface area contributed by atoms with Crippen LogP contribution in [0.3, 0.4) is 0 Å². The number of benzene rings is 1. The van der Waals surface area contributed by atoms with Crippen molar-refractivity contribution < 1.29 is 19.1 Å². The number of nitrogens with zero attached hydrogens (tertiary/aromatic N) is 3. The number of imide groups is 1. The van der Waals surface area contributed by atoms with E-state index in [1.807, 2.05) is 25.1 Å². The van der Waals surface area contributed by atoms with E-state index < -0.39 is 12.1 Å². The van der Waals surface area contributed by atoms with Crippen molar-refractivity contribution in [3.63, 3.8) is 0 Å². The maximum atomic E-state index is 12.3. The van der Waals surface area contributed by atoms with Gasteiger partial charge in [0.15, 0.2) is 5.82 Å². The van der Waals surface area contributed by atoms with Crippen LogP contribution < -0.4 is 19.7 Å². The molecule has 1 saturated heterocycles. The standard InChI is InChI=1S/C19H18N4O4/c1-2-11-17(24)23(18(25)22-11)14-8-21-15(9-20-14)27-13-5-3-4-12-16(13)19(6-7-19)10-26-12/h3-5,8-9,11H,2,6-7,10H2,1H3,(H,22,25). The molecule has 8 nitrogen and oxygen atoms in total. The summed E-state index contributed by atoms with van der Waals surface area (Å²) in [4.78, 5) is 33.7. The first kappa shape index (κ1) is 16.0. The molecule has 1 aromatic carbocycles. The Bertz CT molecular complexity index is 939. The molecule has 1 aromatic heterocycles. The van der Waals surface area contributed by atoms with Gasteiger partial charge in [0.05, 0.1) is 19.0 Å². The number of amides is 3. The van der Waals surface area contributed by atoms with Crippen molar-refractivity contribution in [1.29, 1.82) is 0 Å². The second-order valence-electron chi connectivity index (χ2n) is 7.10. The van der Waals surface area contributed by atoms with E-state index >= 15 is 0 Å². The van der Waals surface area contributed by atoms with Gasteiger partial charge in [0, 0.05) is 11.0 Å². The molecule has 1 N–H and O–H groups in total. The number of rotatable bonds is 4. The molecule has 1 spiro atoms. The maximum absolute atomic E-state index is 12.3. The molecule has 1 atom stereocenters. The molecule has 0 bridgehead atoms. The molecule has 3 amide bonds. The lowest BCUT2D eigenvalue weighted by Crippen LogP contribution is -2.32. The van der Waals surface area contributed by atoms with Crippen LogP contribution in [-0.4, -0.2) is 34.6 Å². The molecule has 1 saturated carbocycles. The Morgan fingerprint density at radius 3 is 2.81 bits per heavy atom. The van der Waals surface area contributed by atoms with Crippen molar-refractivity contribution in [2.75, 3.05) is 11.5 Å². The Morgan fingerprint density at radius 1 is 1.30 bits per heavy atom. The van der Waals surface area contributed by atoms with Gasteiger partial charge in [0.2, 0.25) is 5.88 Å². The normalized spacial score (nSPS) is 21.8. The fourth-order valence-corrected chi connectivity index (χ4v) is 3.69. The molecule has 3 aliphatic rings. The second kappa shape index (κ2) is 5.67. The van der Waals surface area contributed by atoms with Crippen LogP contribution in [0.1, 0.15) is 31.7 Å². The highest BCUT2D eigenvalue weighted by Crippen LogP contribution is 2.58. The second-order valence-corrected chi connectivity index (χ2v) is 7.10. The summed E-state index contributed by atoms with van der Waals surface area (Å²) in [5.74, 6) is 1.74. The first-order valence-electron chi connectivity index (χ1n) is 9.02. The summed E-state index contributed by atoms with van der Waals surface area (Å²) >= 11 is 0. The number of urea groups is 1. The van der Waals surface area contributed by atoms with E-state index in [0.29, 0.717) is 24.7 Å². The Balaban J connectivity index is 1.39. The number of fused-ring (bicyclic) bond motifs is 2. The lowest BCUT2D eigenvalue weighted by Gasteiger charge is -2.14. The molecule has 5 rings (SSSR count). The van der Waals surface area contributed by atoms with E-state index in [-0.39, 0.29) is 17.1 Å². The van der Waals surface area contributed by atoms with Crippen LogP contribution in [0, 0.1) is 0 Å². The summed E-state index contributed by atoms with van der Waals surface area (Å²) in [5.41, 5.74) is 1.17. The molecular weight excluding hydrogens is 348 g/mol. The molecule has 27 heavy (non-hydrogen) atoms. The fourth-order valence-electron chi connectivity index (χ4n) is 3.69. The molecule has 0 radical (unpaired) electrons. The fraction of sp³-hybridized carbons (Fsp3) is 0.368. The van der Waals surface area contributed by atoms with Crippen LogP contribution in [0.4, 0.5) is 10.6 Å². The first-order chi connectivity index (χ1) is 13.1. The van der Waals surface area contributed by atoms with Gasteiger partial charge in [-0.2, -0.15) is 0 Å². The van der Waals surface area contributed by atoms with E-state index in [0.717, 1.165) is 29.1 Å². The van der Waals surface area contributed by atoms with E-state index in [1.54, 1.807) is 0 Å². The third-order valence-corrected chi connectivity index (χ3v) is 5.36.